The summed E-state index contributed by atoms with van der Waals surface area (Å²) in [5.41, 5.74) is 5.29. The number of hydrogen-bond donors (Lipinski definition) is 1. The van der Waals surface area contributed by atoms with Crippen LogP contribution in [0, 0.1) is 6.92 Å². The van der Waals surface area contributed by atoms with Crippen LogP contribution in [0.15, 0.2) is 4.99 Å². The Bertz CT molecular complexity index is 517. The molecular formula is C13H21N5O. The highest BCUT2D eigenvalue weighted by molar-refractivity contribution is 6.00. The smallest absolute Gasteiger partial charge is 0.226 e. The number of aromatic nitrogens is 2. The maximum atomic E-state index is 11.6. The molecule has 0 aromatic carbocycles. The van der Waals surface area contributed by atoms with Gasteiger partial charge in [-0.3, -0.25) is 15.1 Å². The van der Waals surface area contributed by atoms with Gasteiger partial charge in [0.2, 0.25) is 11.9 Å². The molecule has 0 spiro atoms. The molecule has 1 aliphatic rings. The van der Waals surface area contributed by atoms with Crippen molar-refractivity contribution in [1.82, 2.24) is 14.6 Å². The largest absolute Gasteiger partial charge is 0.282 e. The van der Waals surface area contributed by atoms with Crippen LogP contribution in [0.5, 0.6) is 0 Å². The number of carbonyl (C=O) groups is 1. The molecule has 1 aliphatic heterocycles. The Morgan fingerprint density at radius 2 is 2.21 bits per heavy atom. The van der Waals surface area contributed by atoms with Gasteiger partial charge in [0, 0.05) is 19.9 Å². The number of carbonyl (C=O) groups excluding carboxylic acids is 1. The van der Waals surface area contributed by atoms with Crippen LogP contribution in [-0.4, -0.2) is 33.0 Å². The van der Waals surface area contributed by atoms with E-state index in [1.807, 2.05) is 18.5 Å². The Hall–Kier alpha value is -1.85. The Balaban J connectivity index is 2.29. The maximum absolute atomic E-state index is 11.6. The summed E-state index contributed by atoms with van der Waals surface area (Å²) in [6, 6.07) is 0. The number of aliphatic imine (C=N–C) groups is 1. The highest BCUT2D eigenvalue weighted by Crippen LogP contribution is 2.16. The first-order valence-electron chi connectivity index (χ1n) is 6.75. The fourth-order valence-corrected chi connectivity index (χ4v) is 2.29. The number of rotatable bonds is 3. The molecule has 1 aromatic heterocycles. The van der Waals surface area contributed by atoms with Crippen LogP contribution in [-0.2, 0) is 17.8 Å². The van der Waals surface area contributed by atoms with Crippen LogP contribution >= 0.6 is 0 Å². The van der Waals surface area contributed by atoms with Gasteiger partial charge >= 0.3 is 0 Å². The van der Waals surface area contributed by atoms with Gasteiger partial charge in [-0.05, 0) is 20.3 Å². The SMILES string of the molecule is CCCc1nc(C)c2n1NC(N(CC)C(C)=O)=NC2. The number of nitrogens with one attached hydrogen (secondary N) is 1. The predicted molar refractivity (Wildman–Crippen MR) is 74.5 cm³/mol. The quantitative estimate of drug-likeness (QED) is 0.897. The van der Waals surface area contributed by atoms with E-state index in [-0.39, 0.29) is 5.91 Å². The lowest BCUT2D eigenvalue weighted by atomic mass is 10.3. The van der Waals surface area contributed by atoms with Crippen molar-refractivity contribution in [2.24, 2.45) is 4.99 Å². The topological polar surface area (TPSA) is 62.5 Å². The fourth-order valence-electron chi connectivity index (χ4n) is 2.29. The van der Waals surface area contributed by atoms with Gasteiger partial charge in [0.15, 0.2) is 0 Å². The second-order valence-corrected chi connectivity index (χ2v) is 4.66. The van der Waals surface area contributed by atoms with Crippen LogP contribution in [0.4, 0.5) is 0 Å². The minimum Gasteiger partial charge on any atom is -0.282 e. The van der Waals surface area contributed by atoms with Crippen LogP contribution in [0.1, 0.15) is 44.4 Å². The number of hydrogen-bond acceptors (Lipinski definition) is 4. The third-order valence-electron chi connectivity index (χ3n) is 3.26. The molecule has 0 saturated carbocycles. The molecule has 2 heterocycles. The Morgan fingerprint density at radius 1 is 1.47 bits per heavy atom. The normalized spacial score (nSPS) is 13.6. The summed E-state index contributed by atoms with van der Waals surface area (Å²) in [5, 5.41) is 0. The van der Waals surface area contributed by atoms with Crippen LogP contribution in [0.3, 0.4) is 0 Å². The number of imidazole rings is 1. The number of fused-ring (bicyclic) bond motifs is 1. The minimum absolute atomic E-state index is 0.00826. The predicted octanol–water partition coefficient (Wildman–Crippen LogP) is 1.43. The van der Waals surface area contributed by atoms with E-state index in [9.17, 15) is 4.79 Å². The first-order chi connectivity index (χ1) is 9.08. The maximum Gasteiger partial charge on any atom is 0.226 e. The van der Waals surface area contributed by atoms with Crippen molar-refractivity contribution in [3.63, 3.8) is 0 Å². The third-order valence-corrected chi connectivity index (χ3v) is 3.26. The van der Waals surface area contributed by atoms with Gasteiger partial charge in [-0.2, -0.15) is 0 Å². The second-order valence-electron chi connectivity index (χ2n) is 4.66. The molecule has 0 fully saturated rings. The summed E-state index contributed by atoms with van der Waals surface area (Å²) in [6.45, 7) is 8.78. The molecule has 0 unspecified atom stereocenters. The first-order valence-corrected chi connectivity index (χ1v) is 6.75. The molecule has 19 heavy (non-hydrogen) atoms. The molecule has 104 valence electrons. The van der Waals surface area contributed by atoms with E-state index in [4.69, 9.17) is 0 Å². The van der Waals surface area contributed by atoms with Gasteiger partial charge in [-0.25, -0.2) is 14.7 Å². The van der Waals surface area contributed by atoms with Crippen LogP contribution in [0.25, 0.3) is 0 Å². The monoisotopic (exact) mass is 263 g/mol. The molecule has 0 radical (unpaired) electrons. The van der Waals surface area contributed by atoms with Crippen molar-refractivity contribution in [2.75, 3.05) is 12.0 Å². The minimum atomic E-state index is -0.00826. The van der Waals surface area contributed by atoms with Crippen molar-refractivity contribution in [3.8, 4) is 0 Å². The van der Waals surface area contributed by atoms with Crippen LogP contribution in [0.2, 0.25) is 0 Å². The molecule has 0 aliphatic carbocycles. The number of aryl methyl sites for hydroxylation is 2. The molecule has 1 N–H and O–H groups in total. The molecule has 6 heteroatoms. The summed E-state index contributed by atoms with van der Waals surface area (Å²) < 4.78 is 1.98. The highest BCUT2D eigenvalue weighted by Gasteiger charge is 2.23. The summed E-state index contributed by atoms with van der Waals surface area (Å²) >= 11 is 0. The van der Waals surface area contributed by atoms with E-state index in [1.165, 1.54) is 0 Å². The van der Waals surface area contributed by atoms with E-state index < -0.39 is 0 Å². The van der Waals surface area contributed by atoms with Crippen molar-refractivity contribution in [3.05, 3.63) is 17.2 Å². The average molecular weight is 263 g/mol. The average Bonchev–Trinajstić information content (AvgIpc) is 2.67. The highest BCUT2D eigenvalue weighted by atomic mass is 16.2. The molecule has 1 aromatic rings. The summed E-state index contributed by atoms with van der Waals surface area (Å²) in [6.07, 6.45) is 1.95. The third kappa shape index (κ3) is 2.47. The zero-order chi connectivity index (χ0) is 14.0. The van der Waals surface area contributed by atoms with Gasteiger partial charge in [0.25, 0.3) is 0 Å². The molecular weight excluding hydrogens is 242 g/mol. The molecule has 6 nitrogen and oxygen atoms in total. The van der Waals surface area contributed by atoms with Crippen molar-refractivity contribution < 1.29 is 4.79 Å². The molecule has 0 atom stereocenters. The molecule has 0 bridgehead atoms. The van der Waals surface area contributed by atoms with E-state index in [2.05, 4.69) is 22.3 Å². The Kier molecular flexibility index (Phi) is 3.87. The number of amides is 1. The number of guanidine groups is 1. The lowest BCUT2D eigenvalue weighted by Gasteiger charge is -2.27. The van der Waals surface area contributed by atoms with Gasteiger partial charge in [0.1, 0.15) is 5.82 Å². The van der Waals surface area contributed by atoms with Gasteiger partial charge in [-0.1, -0.05) is 6.92 Å². The van der Waals surface area contributed by atoms with E-state index >= 15 is 0 Å². The van der Waals surface area contributed by atoms with Crippen molar-refractivity contribution in [1.29, 1.82) is 0 Å². The summed E-state index contributed by atoms with van der Waals surface area (Å²) in [7, 11) is 0. The van der Waals surface area contributed by atoms with Gasteiger partial charge in [-0.15, -0.1) is 0 Å². The van der Waals surface area contributed by atoms with E-state index in [1.54, 1.807) is 11.8 Å². The summed E-state index contributed by atoms with van der Waals surface area (Å²) in [5.74, 6) is 1.60. The summed E-state index contributed by atoms with van der Waals surface area (Å²) in [4.78, 5) is 22.2. The van der Waals surface area contributed by atoms with Crippen molar-refractivity contribution in [2.45, 2.75) is 47.1 Å². The second kappa shape index (κ2) is 5.42. The van der Waals surface area contributed by atoms with Gasteiger partial charge in [0.05, 0.1) is 17.9 Å². The van der Waals surface area contributed by atoms with Crippen molar-refractivity contribution >= 4 is 11.9 Å². The molecule has 2 rings (SSSR count). The number of nitrogens with zero attached hydrogens (tertiary/aromatic N) is 4. The Morgan fingerprint density at radius 3 is 2.79 bits per heavy atom. The Labute approximate surface area is 113 Å². The molecule has 1 amide bonds. The lowest BCUT2D eigenvalue weighted by molar-refractivity contribution is -0.125. The first kappa shape index (κ1) is 13.6. The van der Waals surface area contributed by atoms with Gasteiger partial charge < -0.3 is 0 Å². The standard InChI is InChI=1S/C13H21N5O/c1-5-7-12-15-9(3)11-8-14-13(16-18(11)12)17(6-2)10(4)19/h5-8H2,1-4H3,(H,14,16). The zero-order valence-electron chi connectivity index (χ0n) is 12.0. The fraction of sp³-hybridized carbons (Fsp3) is 0.615. The van der Waals surface area contributed by atoms with Crippen LogP contribution < -0.4 is 5.43 Å². The van der Waals surface area contributed by atoms with E-state index in [0.29, 0.717) is 19.0 Å². The lowest BCUT2D eigenvalue weighted by Crippen LogP contribution is -2.45. The zero-order valence-corrected chi connectivity index (χ0v) is 12.0. The van der Waals surface area contributed by atoms with E-state index in [0.717, 1.165) is 30.1 Å². The molecule has 0 saturated heterocycles.